The average molecular weight is 326 g/mol. The summed E-state index contributed by atoms with van der Waals surface area (Å²) in [5.74, 6) is -0.0570. The number of nitrogen functional groups attached to an aromatic ring is 1. The number of rotatable bonds is 4. The van der Waals surface area contributed by atoms with E-state index in [0.717, 1.165) is 0 Å². The second-order valence-electron chi connectivity index (χ2n) is 5.27. The van der Waals surface area contributed by atoms with Gasteiger partial charge in [-0.15, -0.1) is 0 Å². The molecular weight excluding hydrogens is 312 g/mol. The van der Waals surface area contributed by atoms with Gasteiger partial charge in [-0.05, 0) is 6.07 Å². The Morgan fingerprint density at radius 1 is 1.39 bits per heavy atom. The highest BCUT2D eigenvalue weighted by atomic mass is 17.4. The van der Waals surface area contributed by atoms with Gasteiger partial charge < -0.3 is 30.0 Å². The summed E-state index contributed by atoms with van der Waals surface area (Å²) in [6, 6.07) is 1.53. The fourth-order valence-electron chi connectivity index (χ4n) is 2.61. The van der Waals surface area contributed by atoms with Crippen LogP contribution >= 0.6 is 0 Å². The normalized spacial score (nSPS) is 31.0. The summed E-state index contributed by atoms with van der Waals surface area (Å²) in [7, 11) is 0. The van der Waals surface area contributed by atoms with Crippen LogP contribution < -0.4 is 11.3 Å². The zero-order chi connectivity index (χ0) is 16.1. The molecule has 2 aromatic rings. The topological polar surface area (TPSA) is 161 Å². The predicted molar refractivity (Wildman–Crippen MR) is 72.6 cm³/mol. The minimum absolute atomic E-state index is 0.0330. The molecule has 0 radical (unpaired) electrons. The Hall–Kier alpha value is -2.02. The van der Waals surface area contributed by atoms with Crippen molar-refractivity contribution in [2.45, 2.75) is 31.0 Å². The largest absolute Gasteiger partial charge is 0.387 e. The van der Waals surface area contributed by atoms with E-state index in [9.17, 15) is 15.0 Å². The Morgan fingerprint density at radius 3 is 2.91 bits per heavy atom. The molecule has 2 aliphatic heterocycles. The Bertz CT molecular complexity index is 785. The van der Waals surface area contributed by atoms with Crippen LogP contribution in [0.2, 0.25) is 0 Å². The molecule has 0 saturated carbocycles. The molecule has 0 aliphatic carbocycles. The van der Waals surface area contributed by atoms with E-state index in [0.29, 0.717) is 5.39 Å². The molecule has 2 fully saturated rings. The molecule has 4 rings (SSSR count). The number of nitrogens with zero attached hydrogens (tertiary/aromatic N) is 2. The second kappa shape index (κ2) is 5.26. The van der Waals surface area contributed by atoms with Crippen molar-refractivity contribution in [1.29, 1.82) is 0 Å². The summed E-state index contributed by atoms with van der Waals surface area (Å²) in [4.78, 5) is 27.1. The van der Waals surface area contributed by atoms with E-state index in [1.807, 2.05) is 0 Å². The minimum atomic E-state index is -1.23. The van der Waals surface area contributed by atoms with Gasteiger partial charge in [0, 0.05) is 6.20 Å². The smallest absolute Gasteiger partial charge is 0.329 e. The molecule has 5 N–H and O–H groups in total. The number of aromatic amines is 1. The third kappa shape index (κ3) is 2.49. The van der Waals surface area contributed by atoms with Crippen molar-refractivity contribution in [1.82, 2.24) is 14.5 Å². The highest BCUT2D eigenvalue weighted by molar-refractivity contribution is 5.76. The molecule has 0 bridgehead atoms. The SMILES string of the molecule is Nc1nc2c(ccn2[C@@H]2O[C@H](COC3OO3)[C@@H](O)[C@H]2O)c(=O)[nH]1. The second-order valence-corrected chi connectivity index (χ2v) is 5.27. The van der Waals surface area contributed by atoms with Gasteiger partial charge in [0.15, 0.2) is 11.9 Å². The summed E-state index contributed by atoms with van der Waals surface area (Å²) in [5, 5.41) is 20.6. The molecule has 2 aliphatic rings. The van der Waals surface area contributed by atoms with E-state index >= 15 is 0 Å². The molecular formula is C12H14N4O7. The first-order chi connectivity index (χ1) is 11.0. The number of hydrogen-bond donors (Lipinski definition) is 4. The maximum atomic E-state index is 11.8. The Morgan fingerprint density at radius 2 is 2.17 bits per heavy atom. The van der Waals surface area contributed by atoms with Crippen molar-refractivity contribution >= 4 is 17.0 Å². The molecule has 4 heterocycles. The summed E-state index contributed by atoms with van der Waals surface area (Å²) in [6.45, 7) is -0.802. The third-order valence-corrected chi connectivity index (χ3v) is 3.78. The average Bonchev–Trinajstić information content (AvgIpc) is 3.18. The number of aromatic nitrogens is 3. The Balaban J connectivity index is 1.63. The van der Waals surface area contributed by atoms with Crippen molar-refractivity contribution in [3.8, 4) is 0 Å². The highest BCUT2D eigenvalue weighted by Gasteiger charge is 2.45. The lowest BCUT2D eigenvalue weighted by atomic mass is 10.1. The van der Waals surface area contributed by atoms with E-state index in [1.54, 1.807) is 0 Å². The molecule has 23 heavy (non-hydrogen) atoms. The number of aliphatic hydroxyl groups is 2. The van der Waals surface area contributed by atoms with Gasteiger partial charge in [0.25, 0.3) is 5.56 Å². The van der Waals surface area contributed by atoms with Gasteiger partial charge in [0.1, 0.15) is 18.3 Å². The van der Waals surface area contributed by atoms with E-state index in [2.05, 4.69) is 19.7 Å². The van der Waals surface area contributed by atoms with E-state index in [4.69, 9.17) is 15.2 Å². The number of nitrogens with two attached hydrogens (primary N) is 1. The Labute approximate surface area is 128 Å². The lowest BCUT2D eigenvalue weighted by Gasteiger charge is -2.17. The maximum absolute atomic E-state index is 11.8. The van der Waals surface area contributed by atoms with Gasteiger partial charge in [-0.25, -0.2) is 0 Å². The van der Waals surface area contributed by atoms with Crippen LogP contribution in [-0.2, 0) is 19.2 Å². The van der Waals surface area contributed by atoms with Crippen LogP contribution in [0.4, 0.5) is 5.95 Å². The van der Waals surface area contributed by atoms with Crippen LogP contribution in [0.25, 0.3) is 11.0 Å². The monoisotopic (exact) mass is 326 g/mol. The zero-order valence-electron chi connectivity index (χ0n) is 11.7. The molecule has 11 nitrogen and oxygen atoms in total. The first kappa shape index (κ1) is 14.6. The summed E-state index contributed by atoms with van der Waals surface area (Å²) < 4.78 is 12.2. The summed E-state index contributed by atoms with van der Waals surface area (Å²) in [6.07, 6.45) is -2.62. The number of hydrogen-bond acceptors (Lipinski definition) is 9. The first-order valence-electron chi connectivity index (χ1n) is 6.86. The van der Waals surface area contributed by atoms with Gasteiger partial charge in [-0.3, -0.25) is 9.78 Å². The van der Waals surface area contributed by atoms with Crippen LogP contribution in [0.5, 0.6) is 0 Å². The fraction of sp³-hybridized carbons (Fsp3) is 0.500. The number of ether oxygens (including phenoxy) is 2. The molecule has 0 spiro atoms. The van der Waals surface area contributed by atoms with E-state index < -0.39 is 36.6 Å². The van der Waals surface area contributed by atoms with Crippen LogP contribution in [0.3, 0.4) is 0 Å². The summed E-state index contributed by atoms with van der Waals surface area (Å²) >= 11 is 0. The number of fused-ring (bicyclic) bond motifs is 1. The number of H-pyrrole nitrogens is 1. The molecule has 4 atom stereocenters. The number of aliphatic hydroxyl groups excluding tert-OH is 2. The third-order valence-electron chi connectivity index (χ3n) is 3.78. The van der Waals surface area contributed by atoms with Gasteiger partial charge in [0.2, 0.25) is 5.95 Å². The molecule has 11 heteroatoms. The summed E-state index contributed by atoms with van der Waals surface area (Å²) in [5.41, 5.74) is 5.40. The van der Waals surface area contributed by atoms with E-state index in [1.165, 1.54) is 16.8 Å². The van der Waals surface area contributed by atoms with Crippen LogP contribution in [-0.4, -0.2) is 56.1 Å². The molecule has 0 amide bonds. The molecule has 2 aromatic heterocycles. The van der Waals surface area contributed by atoms with Crippen molar-refractivity contribution in [3.05, 3.63) is 22.6 Å². The number of nitrogens with one attached hydrogen (secondary N) is 1. The van der Waals surface area contributed by atoms with Crippen molar-refractivity contribution in [2.24, 2.45) is 0 Å². The minimum Gasteiger partial charge on any atom is -0.387 e. The zero-order valence-corrected chi connectivity index (χ0v) is 11.7. The fourth-order valence-corrected chi connectivity index (χ4v) is 2.61. The maximum Gasteiger partial charge on any atom is 0.329 e. The standard InChI is InChI=1S/C12H14N4O7/c13-11-14-8-4(9(19)15-11)1-2-16(8)10-7(18)6(17)5(21-10)3-20-12-22-23-12/h1-2,5-7,10,12,17-18H,3H2,(H3,13,14,15,19)/t5-,6-,7-,10-/m1/s1. The van der Waals surface area contributed by atoms with Gasteiger partial charge in [-0.2, -0.15) is 14.8 Å². The van der Waals surface area contributed by atoms with E-state index in [-0.39, 0.29) is 18.2 Å². The predicted octanol–water partition coefficient (Wildman–Crippen LogP) is -1.81. The van der Waals surface area contributed by atoms with Crippen LogP contribution in [0.1, 0.15) is 6.23 Å². The van der Waals surface area contributed by atoms with Crippen molar-refractivity contribution < 1.29 is 29.5 Å². The lowest BCUT2D eigenvalue weighted by molar-refractivity contribution is -0.0824. The lowest BCUT2D eigenvalue weighted by Crippen LogP contribution is -2.34. The molecule has 0 unspecified atom stereocenters. The van der Waals surface area contributed by atoms with Gasteiger partial charge in [0.05, 0.1) is 12.0 Å². The Kier molecular flexibility index (Phi) is 3.33. The van der Waals surface area contributed by atoms with Crippen molar-refractivity contribution in [3.63, 3.8) is 0 Å². The molecule has 0 aromatic carbocycles. The quantitative estimate of drug-likeness (QED) is 0.375. The number of anilines is 1. The van der Waals surface area contributed by atoms with Crippen molar-refractivity contribution in [2.75, 3.05) is 12.3 Å². The van der Waals surface area contributed by atoms with Crippen LogP contribution in [0, 0.1) is 0 Å². The highest BCUT2D eigenvalue weighted by Crippen LogP contribution is 2.32. The van der Waals surface area contributed by atoms with Gasteiger partial charge >= 0.3 is 6.48 Å². The molecule has 2 saturated heterocycles. The van der Waals surface area contributed by atoms with Crippen LogP contribution in [0.15, 0.2) is 17.1 Å². The molecule has 124 valence electrons. The first-order valence-corrected chi connectivity index (χ1v) is 6.86. The van der Waals surface area contributed by atoms with Gasteiger partial charge in [-0.1, -0.05) is 0 Å².